The van der Waals surface area contributed by atoms with E-state index >= 15 is 0 Å². The van der Waals surface area contributed by atoms with Crippen LogP contribution < -0.4 is 5.32 Å². The Hall–Kier alpha value is -2.90. The molecule has 3 aromatic rings. The Kier molecular flexibility index (Phi) is 3.44. The molecule has 3 aromatic heterocycles. The van der Waals surface area contributed by atoms with Crippen LogP contribution in [-0.2, 0) is 13.6 Å². The summed E-state index contributed by atoms with van der Waals surface area (Å²) in [4.78, 5) is 19.0. The summed E-state index contributed by atoms with van der Waals surface area (Å²) in [5.74, 6) is 0.672. The molecule has 2 amide bonds. The minimum Gasteiger partial charge on any atom is -0.317 e. The van der Waals surface area contributed by atoms with Crippen LogP contribution in [0.1, 0.15) is 24.2 Å². The van der Waals surface area contributed by atoms with Gasteiger partial charge in [-0.25, -0.2) is 14.3 Å². The molecule has 1 fully saturated rings. The number of amides is 2. The molecule has 0 bridgehead atoms. The number of nitrogens with zero attached hydrogens (tertiary/aromatic N) is 6. The molecule has 1 aliphatic rings. The number of nitrogens with one attached hydrogen (secondary N) is 1. The summed E-state index contributed by atoms with van der Waals surface area (Å²) in [5.41, 5.74) is 2.34. The normalized spacial score (nSPS) is 14.1. The number of carbonyl (C=O) groups is 1. The van der Waals surface area contributed by atoms with Crippen molar-refractivity contribution in [1.29, 1.82) is 0 Å². The first kappa shape index (κ1) is 14.7. The first-order valence-corrected chi connectivity index (χ1v) is 7.97. The van der Waals surface area contributed by atoms with Crippen molar-refractivity contribution < 1.29 is 4.79 Å². The molecule has 0 unspecified atom stereocenters. The van der Waals surface area contributed by atoms with Crippen LogP contribution in [0.2, 0.25) is 0 Å². The second-order valence-corrected chi connectivity index (χ2v) is 6.16. The maximum Gasteiger partial charge on any atom is 0.322 e. The molecule has 1 N–H and O–H groups in total. The molecule has 1 aliphatic carbocycles. The summed E-state index contributed by atoms with van der Waals surface area (Å²) in [5, 5.41) is 11.4. The van der Waals surface area contributed by atoms with Gasteiger partial charge in [-0.1, -0.05) is 0 Å². The average Bonchev–Trinajstić information content (AvgIpc) is 3.18. The summed E-state index contributed by atoms with van der Waals surface area (Å²) >= 11 is 0. The Bertz CT molecular complexity index is 893. The standard InChI is InChI=1S/C16H19N7O/c1-11-18-15-14(4-3-7-23(15)20-11)19-16(24)22(13-5-6-13)10-12-8-17-21(2)9-12/h3-4,7-9,13H,5-6,10H2,1-2H3,(H,19,24). The second-order valence-electron chi connectivity index (χ2n) is 6.16. The maximum absolute atomic E-state index is 12.8. The van der Waals surface area contributed by atoms with E-state index in [0.717, 1.165) is 18.4 Å². The monoisotopic (exact) mass is 325 g/mol. The van der Waals surface area contributed by atoms with Gasteiger partial charge in [-0.05, 0) is 31.9 Å². The number of aryl methyl sites for hydroxylation is 2. The van der Waals surface area contributed by atoms with Crippen LogP contribution in [0.25, 0.3) is 5.65 Å². The van der Waals surface area contributed by atoms with Crippen molar-refractivity contribution in [2.75, 3.05) is 5.32 Å². The van der Waals surface area contributed by atoms with Crippen molar-refractivity contribution in [2.45, 2.75) is 32.4 Å². The summed E-state index contributed by atoms with van der Waals surface area (Å²) in [6.07, 6.45) is 7.64. The Morgan fingerprint density at radius 3 is 3.00 bits per heavy atom. The molecular formula is C16H19N7O. The first-order valence-electron chi connectivity index (χ1n) is 7.97. The average molecular weight is 325 g/mol. The Labute approximate surface area is 139 Å². The molecule has 8 heteroatoms. The number of urea groups is 1. The van der Waals surface area contributed by atoms with E-state index in [2.05, 4.69) is 20.5 Å². The molecule has 0 radical (unpaired) electrons. The van der Waals surface area contributed by atoms with Gasteiger partial charge in [-0.2, -0.15) is 10.2 Å². The Morgan fingerprint density at radius 1 is 1.46 bits per heavy atom. The van der Waals surface area contributed by atoms with Gasteiger partial charge < -0.3 is 10.2 Å². The quantitative estimate of drug-likeness (QED) is 0.795. The van der Waals surface area contributed by atoms with Crippen molar-refractivity contribution in [1.82, 2.24) is 29.3 Å². The Balaban J connectivity index is 1.56. The van der Waals surface area contributed by atoms with Gasteiger partial charge >= 0.3 is 6.03 Å². The van der Waals surface area contributed by atoms with Gasteiger partial charge in [0, 0.05) is 31.0 Å². The molecule has 0 spiro atoms. The van der Waals surface area contributed by atoms with Crippen LogP contribution in [0.15, 0.2) is 30.7 Å². The number of pyridine rings is 1. The number of aromatic nitrogens is 5. The third kappa shape index (κ3) is 2.82. The lowest BCUT2D eigenvalue weighted by molar-refractivity contribution is 0.206. The highest BCUT2D eigenvalue weighted by Gasteiger charge is 2.33. The fourth-order valence-electron chi connectivity index (χ4n) is 2.80. The third-order valence-corrected chi connectivity index (χ3v) is 4.07. The highest BCUT2D eigenvalue weighted by Crippen LogP contribution is 2.29. The van der Waals surface area contributed by atoms with Crippen molar-refractivity contribution in [3.05, 3.63) is 42.1 Å². The summed E-state index contributed by atoms with van der Waals surface area (Å²) in [6, 6.07) is 3.87. The van der Waals surface area contributed by atoms with E-state index in [9.17, 15) is 4.79 Å². The number of fused-ring (bicyclic) bond motifs is 1. The van der Waals surface area contributed by atoms with Crippen molar-refractivity contribution in [3.8, 4) is 0 Å². The molecule has 0 saturated heterocycles. The van der Waals surface area contributed by atoms with Gasteiger partial charge in [0.25, 0.3) is 0 Å². The Morgan fingerprint density at radius 2 is 2.29 bits per heavy atom. The van der Waals surface area contributed by atoms with Crippen molar-refractivity contribution in [2.24, 2.45) is 7.05 Å². The largest absolute Gasteiger partial charge is 0.322 e. The van der Waals surface area contributed by atoms with E-state index in [4.69, 9.17) is 0 Å². The molecule has 0 atom stereocenters. The minimum atomic E-state index is -0.116. The van der Waals surface area contributed by atoms with Crippen LogP contribution in [0.5, 0.6) is 0 Å². The molecule has 0 aliphatic heterocycles. The van der Waals surface area contributed by atoms with Gasteiger partial charge in [0.1, 0.15) is 5.82 Å². The molecule has 24 heavy (non-hydrogen) atoms. The van der Waals surface area contributed by atoms with Crippen molar-refractivity contribution >= 4 is 17.4 Å². The smallest absolute Gasteiger partial charge is 0.317 e. The van der Waals surface area contributed by atoms with Gasteiger partial charge in [-0.15, -0.1) is 0 Å². The zero-order chi connectivity index (χ0) is 16.7. The van der Waals surface area contributed by atoms with Crippen LogP contribution in [-0.4, -0.2) is 41.4 Å². The third-order valence-electron chi connectivity index (χ3n) is 4.07. The van der Waals surface area contributed by atoms with Gasteiger partial charge in [0.2, 0.25) is 0 Å². The van der Waals surface area contributed by atoms with E-state index < -0.39 is 0 Å². The topological polar surface area (TPSA) is 80.4 Å². The number of rotatable bonds is 4. The number of hydrogen-bond donors (Lipinski definition) is 1. The fourth-order valence-corrected chi connectivity index (χ4v) is 2.80. The number of carbonyl (C=O) groups excluding carboxylic acids is 1. The number of hydrogen-bond acceptors (Lipinski definition) is 4. The predicted molar refractivity (Wildman–Crippen MR) is 88.5 cm³/mol. The van der Waals surface area contributed by atoms with Crippen LogP contribution in [0.3, 0.4) is 0 Å². The number of anilines is 1. The fraction of sp³-hybridized carbons (Fsp3) is 0.375. The van der Waals surface area contributed by atoms with E-state index in [1.165, 1.54) is 0 Å². The lowest BCUT2D eigenvalue weighted by atomic mass is 10.3. The van der Waals surface area contributed by atoms with Gasteiger partial charge in [0.05, 0.1) is 18.4 Å². The highest BCUT2D eigenvalue weighted by molar-refractivity contribution is 5.93. The molecule has 8 nitrogen and oxygen atoms in total. The highest BCUT2D eigenvalue weighted by atomic mass is 16.2. The lowest BCUT2D eigenvalue weighted by Crippen LogP contribution is -2.36. The predicted octanol–water partition coefficient (Wildman–Crippen LogP) is 1.97. The molecule has 0 aromatic carbocycles. The second kappa shape index (κ2) is 5.63. The molecule has 4 rings (SSSR count). The lowest BCUT2D eigenvalue weighted by Gasteiger charge is -2.22. The van der Waals surface area contributed by atoms with Gasteiger partial charge in [0.15, 0.2) is 5.65 Å². The van der Waals surface area contributed by atoms with Crippen LogP contribution >= 0.6 is 0 Å². The van der Waals surface area contributed by atoms with Gasteiger partial charge in [-0.3, -0.25) is 4.68 Å². The van der Waals surface area contributed by atoms with Crippen molar-refractivity contribution in [3.63, 3.8) is 0 Å². The zero-order valence-corrected chi connectivity index (χ0v) is 13.7. The van der Waals surface area contributed by atoms with E-state index in [0.29, 0.717) is 29.7 Å². The van der Waals surface area contributed by atoms with E-state index in [-0.39, 0.29) is 6.03 Å². The zero-order valence-electron chi connectivity index (χ0n) is 13.7. The first-order chi connectivity index (χ1) is 11.6. The van der Waals surface area contributed by atoms with Crippen LogP contribution in [0.4, 0.5) is 10.5 Å². The molecule has 3 heterocycles. The van der Waals surface area contributed by atoms with E-state index in [1.54, 1.807) is 15.4 Å². The SMILES string of the molecule is Cc1nc2c(NC(=O)N(Cc3cnn(C)c3)C3CC3)cccn2n1. The van der Waals surface area contributed by atoms with Crippen LogP contribution in [0, 0.1) is 6.92 Å². The molecule has 124 valence electrons. The maximum atomic E-state index is 12.8. The molecular weight excluding hydrogens is 306 g/mol. The summed E-state index contributed by atoms with van der Waals surface area (Å²) < 4.78 is 3.42. The van der Waals surface area contributed by atoms with E-state index in [1.807, 2.05) is 43.4 Å². The summed E-state index contributed by atoms with van der Waals surface area (Å²) in [6.45, 7) is 2.39. The summed E-state index contributed by atoms with van der Waals surface area (Å²) in [7, 11) is 1.87. The molecule has 1 saturated carbocycles. The minimum absolute atomic E-state index is 0.116.